The number of hydrogen-bond donors (Lipinski definition) is 3. The number of nitrogens with zero attached hydrogens (tertiary/aromatic N) is 1. The van der Waals surface area contributed by atoms with Crippen LogP contribution in [0, 0.1) is 0 Å². The van der Waals surface area contributed by atoms with Crippen molar-refractivity contribution in [2.45, 2.75) is 0 Å². The summed E-state index contributed by atoms with van der Waals surface area (Å²) in [5, 5.41) is 12.9. The molecule has 3 N–H and O–H groups in total. The molecule has 8 heteroatoms. The van der Waals surface area contributed by atoms with Gasteiger partial charge in [0, 0.05) is 22.2 Å². The molecular formula is C21H16ClN3O4. The fourth-order valence-corrected chi connectivity index (χ4v) is 2.58. The Balaban J connectivity index is 1.58. The van der Waals surface area contributed by atoms with E-state index in [9.17, 15) is 9.59 Å². The molecule has 0 unspecified atom stereocenters. The number of hydroxylamine groups is 1. The highest BCUT2D eigenvalue weighted by Gasteiger charge is 2.06. The van der Waals surface area contributed by atoms with Gasteiger partial charge in [-0.3, -0.25) is 14.8 Å². The average Bonchev–Trinajstić information content (AvgIpc) is 3.21. The number of hydrazone groups is 1. The number of carbonyl (C=O) groups excluding carboxylic acids is 2. The molecule has 2 aromatic carbocycles. The van der Waals surface area contributed by atoms with Gasteiger partial charge >= 0.3 is 0 Å². The average molecular weight is 410 g/mol. The van der Waals surface area contributed by atoms with E-state index in [0.717, 1.165) is 5.56 Å². The second-order valence-corrected chi connectivity index (χ2v) is 6.28. The molecule has 7 nitrogen and oxygen atoms in total. The zero-order valence-electron chi connectivity index (χ0n) is 15.0. The fraction of sp³-hybridized carbons (Fsp3) is 0. The van der Waals surface area contributed by atoms with Crippen molar-refractivity contribution in [3.8, 4) is 11.3 Å². The van der Waals surface area contributed by atoms with Crippen molar-refractivity contribution < 1.29 is 19.2 Å². The number of halogens is 1. The Bertz CT molecular complexity index is 1070. The predicted octanol–water partition coefficient (Wildman–Crippen LogP) is 3.88. The van der Waals surface area contributed by atoms with E-state index in [4.69, 9.17) is 21.2 Å². The summed E-state index contributed by atoms with van der Waals surface area (Å²) < 4.78 is 5.67. The van der Waals surface area contributed by atoms with E-state index in [1.165, 1.54) is 23.8 Å². The first-order chi connectivity index (χ1) is 14.0. The lowest BCUT2D eigenvalue weighted by atomic mass is 10.1. The van der Waals surface area contributed by atoms with Crippen LogP contribution in [0.3, 0.4) is 0 Å². The standard InChI is InChI=1S/C21H16ClN3O4/c22-17-3-1-2-16(12-17)19-10-9-18(29-19)13-23-24-21(27)15-7-4-14(5-8-15)6-11-20(26)25-28/h1-13,28H,(H,24,27)(H,25,26). The summed E-state index contributed by atoms with van der Waals surface area (Å²) in [5.74, 6) is 0.0748. The molecule has 1 aromatic heterocycles. The number of carbonyl (C=O) groups is 2. The van der Waals surface area contributed by atoms with Gasteiger partial charge < -0.3 is 4.42 Å². The Labute approximate surface area is 171 Å². The van der Waals surface area contributed by atoms with E-state index in [0.29, 0.717) is 27.7 Å². The van der Waals surface area contributed by atoms with Crippen molar-refractivity contribution in [1.29, 1.82) is 0 Å². The molecule has 1 heterocycles. The Morgan fingerprint density at radius 2 is 1.86 bits per heavy atom. The van der Waals surface area contributed by atoms with Crippen LogP contribution in [0.2, 0.25) is 5.02 Å². The van der Waals surface area contributed by atoms with Gasteiger partial charge in [-0.25, -0.2) is 10.9 Å². The second-order valence-electron chi connectivity index (χ2n) is 5.84. The Morgan fingerprint density at radius 3 is 2.59 bits per heavy atom. The second kappa shape index (κ2) is 9.50. The predicted molar refractivity (Wildman–Crippen MR) is 110 cm³/mol. The molecular weight excluding hydrogens is 394 g/mol. The van der Waals surface area contributed by atoms with E-state index in [2.05, 4.69) is 10.5 Å². The topological polar surface area (TPSA) is 104 Å². The molecule has 0 aliphatic rings. The molecule has 29 heavy (non-hydrogen) atoms. The molecule has 0 bridgehead atoms. The van der Waals surface area contributed by atoms with E-state index in [1.54, 1.807) is 48.5 Å². The van der Waals surface area contributed by atoms with Gasteiger partial charge in [0.1, 0.15) is 11.5 Å². The lowest BCUT2D eigenvalue weighted by Crippen LogP contribution is -2.17. The van der Waals surface area contributed by atoms with Crippen LogP contribution in [-0.4, -0.2) is 23.2 Å². The van der Waals surface area contributed by atoms with Crippen LogP contribution in [0.25, 0.3) is 17.4 Å². The quantitative estimate of drug-likeness (QED) is 0.249. The Morgan fingerprint density at radius 1 is 1.07 bits per heavy atom. The maximum Gasteiger partial charge on any atom is 0.271 e. The van der Waals surface area contributed by atoms with Gasteiger partial charge in [0.2, 0.25) is 0 Å². The molecule has 0 aliphatic carbocycles. The summed E-state index contributed by atoms with van der Waals surface area (Å²) in [5.41, 5.74) is 5.84. The zero-order valence-corrected chi connectivity index (χ0v) is 15.8. The third-order valence-corrected chi connectivity index (χ3v) is 4.04. The van der Waals surface area contributed by atoms with Crippen LogP contribution < -0.4 is 10.9 Å². The highest BCUT2D eigenvalue weighted by Crippen LogP contribution is 2.24. The van der Waals surface area contributed by atoms with Crippen molar-refractivity contribution in [2.24, 2.45) is 5.10 Å². The first kappa shape index (κ1) is 20.1. The zero-order chi connectivity index (χ0) is 20.6. The van der Waals surface area contributed by atoms with Crippen molar-refractivity contribution in [3.05, 3.63) is 88.6 Å². The SMILES string of the molecule is O=C(C=Cc1ccc(C(=O)NN=Cc2ccc(-c3cccc(Cl)c3)o2)cc1)NO. The minimum absolute atomic E-state index is 0.393. The van der Waals surface area contributed by atoms with Crippen molar-refractivity contribution in [1.82, 2.24) is 10.9 Å². The largest absolute Gasteiger partial charge is 0.455 e. The molecule has 0 atom stereocenters. The molecule has 3 rings (SSSR count). The first-order valence-corrected chi connectivity index (χ1v) is 8.84. The lowest BCUT2D eigenvalue weighted by Gasteiger charge is -2.00. The van der Waals surface area contributed by atoms with Gasteiger partial charge in [-0.15, -0.1) is 0 Å². The molecule has 0 fully saturated rings. The summed E-state index contributed by atoms with van der Waals surface area (Å²) in [6.45, 7) is 0. The van der Waals surface area contributed by atoms with Crippen LogP contribution in [0.5, 0.6) is 0 Å². The number of benzene rings is 2. The van der Waals surface area contributed by atoms with E-state index in [-0.39, 0.29) is 0 Å². The molecule has 0 radical (unpaired) electrons. The van der Waals surface area contributed by atoms with Gasteiger partial charge in [0.25, 0.3) is 11.8 Å². The first-order valence-electron chi connectivity index (χ1n) is 8.46. The summed E-state index contributed by atoms with van der Waals surface area (Å²) >= 11 is 5.98. The minimum Gasteiger partial charge on any atom is -0.455 e. The van der Waals surface area contributed by atoms with E-state index < -0.39 is 11.8 Å². The third-order valence-electron chi connectivity index (χ3n) is 3.80. The molecule has 0 saturated heterocycles. The van der Waals surface area contributed by atoms with E-state index in [1.807, 2.05) is 12.1 Å². The number of rotatable bonds is 6. The van der Waals surface area contributed by atoms with Gasteiger partial charge in [-0.1, -0.05) is 35.9 Å². The number of nitrogens with one attached hydrogen (secondary N) is 2. The monoisotopic (exact) mass is 409 g/mol. The Hall–Kier alpha value is -3.68. The lowest BCUT2D eigenvalue weighted by molar-refractivity contribution is -0.124. The van der Waals surface area contributed by atoms with Gasteiger partial charge in [0.15, 0.2) is 0 Å². The molecule has 3 aromatic rings. The maximum atomic E-state index is 12.1. The summed E-state index contributed by atoms with van der Waals surface area (Å²) in [4.78, 5) is 23.1. The smallest absolute Gasteiger partial charge is 0.271 e. The van der Waals surface area contributed by atoms with Gasteiger partial charge in [-0.2, -0.15) is 5.10 Å². The summed E-state index contributed by atoms with van der Waals surface area (Å²) in [6, 6.07) is 17.3. The van der Waals surface area contributed by atoms with Crippen molar-refractivity contribution in [2.75, 3.05) is 0 Å². The van der Waals surface area contributed by atoms with Crippen molar-refractivity contribution >= 4 is 35.7 Å². The van der Waals surface area contributed by atoms with Crippen molar-refractivity contribution in [3.63, 3.8) is 0 Å². The van der Waals surface area contributed by atoms with Gasteiger partial charge in [0.05, 0.1) is 6.21 Å². The van der Waals surface area contributed by atoms with Crippen LogP contribution in [0.4, 0.5) is 0 Å². The molecule has 0 aliphatic heterocycles. The van der Waals surface area contributed by atoms with Crippen LogP contribution in [-0.2, 0) is 4.79 Å². The molecule has 0 saturated carbocycles. The fourth-order valence-electron chi connectivity index (χ4n) is 2.39. The summed E-state index contributed by atoms with van der Waals surface area (Å²) in [7, 11) is 0. The van der Waals surface area contributed by atoms with Crippen LogP contribution in [0.1, 0.15) is 21.7 Å². The number of amides is 2. The molecule has 2 amide bonds. The minimum atomic E-state index is -0.641. The van der Waals surface area contributed by atoms with Crippen LogP contribution >= 0.6 is 11.6 Å². The maximum absolute atomic E-state index is 12.1. The summed E-state index contributed by atoms with van der Waals surface area (Å²) in [6.07, 6.45) is 4.07. The normalized spacial score (nSPS) is 11.1. The number of furan rings is 1. The van der Waals surface area contributed by atoms with Gasteiger partial charge in [-0.05, 0) is 48.0 Å². The highest BCUT2D eigenvalue weighted by atomic mass is 35.5. The van der Waals surface area contributed by atoms with Crippen LogP contribution in [0.15, 0.2) is 76.3 Å². The molecule has 146 valence electrons. The Kier molecular flexibility index (Phi) is 6.57. The number of hydrogen-bond acceptors (Lipinski definition) is 5. The third kappa shape index (κ3) is 5.65. The molecule has 0 spiro atoms. The van der Waals surface area contributed by atoms with E-state index >= 15 is 0 Å². The highest BCUT2D eigenvalue weighted by molar-refractivity contribution is 6.30.